The number of anilines is 1. The molecule has 0 spiro atoms. The molecule has 1 N–H and O–H groups in total. The smallest absolute Gasteiger partial charge is 0.259 e. The second-order valence-corrected chi connectivity index (χ2v) is 7.32. The lowest BCUT2D eigenvalue weighted by molar-refractivity contribution is -0.132. The van der Waals surface area contributed by atoms with Crippen LogP contribution in [-0.4, -0.2) is 34.9 Å². The van der Waals surface area contributed by atoms with E-state index in [0.29, 0.717) is 5.82 Å². The van der Waals surface area contributed by atoms with Crippen molar-refractivity contribution in [1.82, 2.24) is 9.29 Å². The van der Waals surface area contributed by atoms with Crippen molar-refractivity contribution in [2.24, 2.45) is 0 Å². The van der Waals surface area contributed by atoms with Gasteiger partial charge in [0.2, 0.25) is 0 Å². The minimum atomic E-state index is -3.53. The molecule has 0 bridgehead atoms. The maximum absolute atomic E-state index is 12.0. The Morgan fingerprint density at radius 3 is 2.68 bits per heavy atom. The maximum Gasteiger partial charge on any atom is 0.259 e. The van der Waals surface area contributed by atoms with E-state index in [0.717, 1.165) is 16.4 Å². The van der Waals surface area contributed by atoms with Crippen molar-refractivity contribution in [3.05, 3.63) is 23.9 Å². The average molecular weight is 283 g/mol. The van der Waals surface area contributed by atoms with Gasteiger partial charge in [0.25, 0.3) is 15.9 Å². The van der Waals surface area contributed by atoms with Crippen LogP contribution < -0.4 is 5.32 Å². The van der Waals surface area contributed by atoms with E-state index in [4.69, 9.17) is 0 Å². The van der Waals surface area contributed by atoms with Crippen molar-refractivity contribution in [2.75, 3.05) is 11.9 Å². The van der Waals surface area contributed by atoms with Crippen molar-refractivity contribution in [2.45, 2.75) is 32.1 Å². The van der Waals surface area contributed by atoms with Gasteiger partial charge in [-0.25, -0.2) is 17.7 Å². The molecule has 7 heteroatoms. The van der Waals surface area contributed by atoms with Gasteiger partial charge in [-0.3, -0.25) is 4.79 Å². The molecule has 1 amide bonds. The summed E-state index contributed by atoms with van der Waals surface area (Å²) in [4.78, 5) is 15.9. The summed E-state index contributed by atoms with van der Waals surface area (Å²) < 4.78 is 23.6. The molecule has 1 aromatic rings. The Balaban J connectivity index is 2.19. The largest absolute Gasteiger partial charge is 0.370 e. The molecule has 1 aliphatic heterocycles. The van der Waals surface area contributed by atoms with Crippen LogP contribution in [0.25, 0.3) is 0 Å². The number of hydrogen-bond acceptors (Lipinski definition) is 5. The molecular weight excluding hydrogens is 266 g/mol. The van der Waals surface area contributed by atoms with Crippen molar-refractivity contribution >= 4 is 21.7 Å². The molecule has 1 saturated heterocycles. The predicted molar refractivity (Wildman–Crippen MR) is 71.9 cm³/mol. The van der Waals surface area contributed by atoms with Gasteiger partial charge in [-0.2, -0.15) is 0 Å². The molecule has 1 fully saturated rings. The number of hydrogen-bond donors (Lipinski definition) is 1. The van der Waals surface area contributed by atoms with Crippen LogP contribution in [0.1, 0.15) is 26.3 Å². The van der Waals surface area contributed by atoms with E-state index in [1.165, 1.54) is 13.8 Å². The number of rotatable bonds is 4. The number of carbonyl (C=O) groups excluding carboxylic acids is 1. The summed E-state index contributed by atoms with van der Waals surface area (Å²) in [6.45, 7) is 5.59. The highest BCUT2D eigenvalue weighted by molar-refractivity contribution is 7.94. The van der Waals surface area contributed by atoms with Gasteiger partial charge < -0.3 is 5.32 Å². The number of sulfonamides is 1. The zero-order valence-electron chi connectivity index (χ0n) is 11.2. The Morgan fingerprint density at radius 2 is 2.11 bits per heavy atom. The molecule has 0 aliphatic carbocycles. The van der Waals surface area contributed by atoms with Crippen LogP contribution in [0.2, 0.25) is 0 Å². The summed E-state index contributed by atoms with van der Waals surface area (Å²) in [7, 11) is -3.53. The predicted octanol–water partition coefficient (Wildman–Crippen LogP) is 0.964. The van der Waals surface area contributed by atoms with Crippen LogP contribution in [0.5, 0.6) is 0 Å². The van der Waals surface area contributed by atoms with Gasteiger partial charge in [0, 0.05) is 12.7 Å². The van der Waals surface area contributed by atoms with Crippen molar-refractivity contribution in [3.8, 4) is 0 Å². The van der Waals surface area contributed by atoms with Gasteiger partial charge in [-0.15, -0.1) is 0 Å². The summed E-state index contributed by atoms with van der Waals surface area (Å²) in [5.74, 6) is 0.305. The molecule has 104 valence electrons. The lowest BCUT2D eigenvalue weighted by Crippen LogP contribution is -2.66. The monoisotopic (exact) mass is 283 g/mol. The Hall–Kier alpha value is -1.63. The van der Waals surface area contributed by atoms with E-state index in [2.05, 4.69) is 10.3 Å². The van der Waals surface area contributed by atoms with Gasteiger partial charge in [0.05, 0.1) is 6.54 Å². The van der Waals surface area contributed by atoms with Crippen LogP contribution >= 0.6 is 0 Å². The van der Waals surface area contributed by atoms with Gasteiger partial charge >= 0.3 is 0 Å². The highest BCUT2D eigenvalue weighted by Crippen LogP contribution is 2.36. The Bertz CT molecular complexity index is 610. The molecule has 6 nitrogen and oxygen atoms in total. The Morgan fingerprint density at radius 1 is 1.42 bits per heavy atom. The Labute approximate surface area is 112 Å². The first kappa shape index (κ1) is 13.8. The second kappa shape index (κ2) is 4.48. The van der Waals surface area contributed by atoms with Crippen LogP contribution in [0.15, 0.2) is 18.3 Å². The van der Waals surface area contributed by atoms with Crippen LogP contribution in [0.3, 0.4) is 0 Å². The first-order valence-corrected chi connectivity index (χ1v) is 7.50. The summed E-state index contributed by atoms with van der Waals surface area (Å²) in [5.41, 5.74) is 0.735. The van der Waals surface area contributed by atoms with E-state index in [1.54, 1.807) is 18.3 Å². The summed E-state index contributed by atoms with van der Waals surface area (Å²) in [6, 6.07) is 3.45. The molecule has 0 atom stereocenters. The molecule has 0 unspecified atom stereocenters. The van der Waals surface area contributed by atoms with Gasteiger partial charge in [0.15, 0.2) is 4.75 Å². The van der Waals surface area contributed by atoms with Crippen molar-refractivity contribution < 1.29 is 13.2 Å². The van der Waals surface area contributed by atoms with Crippen LogP contribution in [0, 0.1) is 0 Å². The van der Waals surface area contributed by atoms with E-state index < -0.39 is 14.8 Å². The molecule has 0 aromatic carbocycles. The number of pyridine rings is 1. The first-order valence-electron chi connectivity index (χ1n) is 6.06. The molecule has 19 heavy (non-hydrogen) atoms. The first-order chi connectivity index (χ1) is 8.80. The number of aromatic nitrogens is 1. The normalized spacial score (nSPS) is 19.9. The van der Waals surface area contributed by atoms with Crippen LogP contribution in [0.4, 0.5) is 5.82 Å². The zero-order valence-corrected chi connectivity index (χ0v) is 12.0. The standard InChI is InChI=1S/C12H17N3O3S/c1-4-13-10-7-9(5-6-14-10)8-15-11(16)12(2,3)19(15,17)18/h5-7H,4,8H2,1-3H3,(H,13,14). The fraction of sp³-hybridized carbons (Fsp3) is 0.500. The van der Waals surface area contributed by atoms with Gasteiger partial charge in [-0.1, -0.05) is 0 Å². The summed E-state index contributed by atoms with van der Waals surface area (Å²) in [5, 5.41) is 3.04. The van der Waals surface area contributed by atoms with Crippen LogP contribution in [-0.2, 0) is 21.4 Å². The van der Waals surface area contributed by atoms with Gasteiger partial charge in [0.1, 0.15) is 5.82 Å². The SMILES string of the molecule is CCNc1cc(CN2C(=O)C(C)(C)S2(=O)=O)ccn1. The third-order valence-corrected chi connectivity index (χ3v) is 5.52. The van der Waals surface area contributed by atoms with Crippen molar-refractivity contribution in [3.63, 3.8) is 0 Å². The molecule has 1 aliphatic rings. The zero-order chi connectivity index (χ0) is 14.3. The highest BCUT2D eigenvalue weighted by Gasteiger charge is 2.59. The fourth-order valence-corrected chi connectivity index (χ4v) is 3.44. The number of nitrogens with one attached hydrogen (secondary N) is 1. The molecule has 2 heterocycles. The summed E-state index contributed by atoms with van der Waals surface area (Å²) >= 11 is 0. The molecule has 2 rings (SSSR count). The number of nitrogens with zero attached hydrogens (tertiary/aromatic N) is 2. The molecule has 1 aromatic heterocycles. The van der Waals surface area contributed by atoms with E-state index in [-0.39, 0.29) is 12.5 Å². The highest BCUT2D eigenvalue weighted by atomic mass is 32.2. The Kier molecular flexibility index (Phi) is 3.25. The molecule has 0 radical (unpaired) electrons. The van der Waals surface area contributed by atoms with Gasteiger partial charge in [-0.05, 0) is 38.5 Å². The molecular formula is C12H17N3O3S. The maximum atomic E-state index is 12.0. The minimum absolute atomic E-state index is 0.0610. The number of amides is 1. The second-order valence-electron chi connectivity index (χ2n) is 4.91. The lowest BCUT2D eigenvalue weighted by Gasteiger charge is -2.43. The third-order valence-electron chi connectivity index (χ3n) is 3.19. The topological polar surface area (TPSA) is 79.4 Å². The van der Waals surface area contributed by atoms with Crippen molar-refractivity contribution in [1.29, 1.82) is 0 Å². The quantitative estimate of drug-likeness (QED) is 0.890. The van der Waals surface area contributed by atoms with E-state index >= 15 is 0 Å². The number of carbonyl (C=O) groups is 1. The average Bonchev–Trinajstić information content (AvgIpc) is 2.35. The lowest BCUT2D eigenvalue weighted by atomic mass is 10.1. The third kappa shape index (κ3) is 2.07. The fourth-order valence-electron chi connectivity index (χ4n) is 1.93. The summed E-state index contributed by atoms with van der Waals surface area (Å²) in [6.07, 6.45) is 1.59. The van der Waals surface area contributed by atoms with E-state index in [9.17, 15) is 13.2 Å². The van der Waals surface area contributed by atoms with E-state index in [1.807, 2.05) is 6.92 Å². The molecule has 0 saturated carbocycles. The minimum Gasteiger partial charge on any atom is -0.370 e.